The van der Waals surface area contributed by atoms with Crippen LogP contribution in [0.15, 0.2) is 358 Å². The molecule has 0 bridgehead atoms. The van der Waals surface area contributed by atoms with E-state index < -0.39 is 0 Å². The molecule has 0 saturated heterocycles. The number of anilines is 11. The first kappa shape index (κ1) is 51.2. The smallest absolute Gasteiger partial charge is 0.0540 e. The molecule has 0 fully saturated rings. The van der Waals surface area contributed by atoms with Crippen LogP contribution in [0.4, 0.5) is 62.6 Å². The lowest BCUT2D eigenvalue weighted by molar-refractivity contribution is 0.612. The number of allylic oxidation sites excluding steroid dienone is 7. The second-order valence-corrected chi connectivity index (χ2v) is 21.3. The van der Waals surface area contributed by atoms with E-state index in [1.165, 1.54) is 22.0 Å². The lowest BCUT2D eigenvalue weighted by Crippen LogP contribution is -2.27. The van der Waals surface area contributed by atoms with Crippen LogP contribution < -0.4 is 19.6 Å². The van der Waals surface area contributed by atoms with Gasteiger partial charge >= 0.3 is 0 Å². The standard InChI is InChI=1S/C80H60N4/c1-5-23-67(24-6-1)81(73-51-39-61(40-52-73)63-43-55-75(56-44-63)83(69-27-9-3-10-28-69)79-33-17-21-65-19-13-15-31-77(65)79)71-47-35-59(36-48-71)60-37-49-72(50-38-60)82(68-25-7-2-8-26-68)74-53-41-62(42-54-74)64-45-57-76(58-46-64)84(70-29-11-4-12-30-70)80-34-18-22-66-20-14-16-32-78(66)80/h1-58,65,77H. The van der Waals surface area contributed by atoms with Gasteiger partial charge in [-0.1, -0.05) is 218 Å². The Hall–Kier alpha value is -10.9. The van der Waals surface area contributed by atoms with Gasteiger partial charge in [0.2, 0.25) is 0 Å². The topological polar surface area (TPSA) is 13.0 Å². The van der Waals surface area contributed by atoms with Gasteiger partial charge in [-0.05, 0) is 172 Å². The quantitative estimate of drug-likeness (QED) is 0.101. The van der Waals surface area contributed by atoms with E-state index in [1.54, 1.807) is 0 Å². The summed E-state index contributed by atoms with van der Waals surface area (Å²) in [5.41, 5.74) is 20.4. The van der Waals surface area contributed by atoms with Crippen LogP contribution in [-0.4, -0.2) is 0 Å². The van der Waals surface area contributed by atoms with Gasteiger partial charge in [-0.25, -0.2) is 0 Å². The maximum absolute atomic E-state index is 2.41. The highest BCUT2D eigenvalue weighted by atomic mass is 15.2. The number of hydrogen-bond donors (Lipinski definition) is 0. The molecule has 0 saturated carbocycles. The number of para-hydroxylation sites is 4. The van der Waals surface area contributed by atoms with Gasteiger partial charge in [0, 0.05) is 79.8 Å². The minimum atomic E-state index is 0.273. The van der Waals surface area contributed by atoms with Crippen molar-refractivity contribution in [1.29, 1.82) is 0 Å². The van der Waals surface area contributed by atoms with Crippen LogP contribution in [0.5, 0.6) is 0 Å². The summed E-state index contributed by atoms with van der Waals surface area (Å²) in [5, 5.41) is 2.43. The van der Waals surface area contributed by atoms with E-state index in [-0.39, 0.29) is 5.92 Å². The van der Waals surface area contributed by atoms with Crippen molar-refractivity contribution in [2.75, 3.05) is 19.6 Å². The molecule has 12 aromatic rings. The molecule has 84 heavy (non-hydrogen) atoms. The Balaban J connectivity index is 0.697. The minimum Gasteiger partial charge on any atom is -0.314 e. The summed E-state index contributed by atoms with van der Waals surface area (Å²) >= 11 is 0. The van der Waals surface area contributed by atoms with Crippen LogP contribution in [0.3, 0.4) is 0 Å². The van der Waals surface area contributed by atoms with Crippen LogP contribution in [0.1, 0.15) is 0 Å². The summed E-state index contributed by atoms with van der Waals surface area (Å²) in [4.78, 5) is 9.41. The fourth-order valence-electron chi connectivity index (χ4n) is 12.0. The summed E-state index contributed by atoms with van der Waals surface area (Å²) in [5.74, 6) is 0.620. The van der Waals surface area contributed by atoms with E-state index in [9.17, 15) is 0 Å². The van der Waals surface area contributed by atoms with Crippen LogP contribution >= 0.6 is 0 Å². The SMILES string of the molecule is C1=CC2C=CC=C(N(c3ccccc3)c3ccc(-c4ccc(N(c5ccccc5)c5ccc(-c6ccc(N(c7ccccc7)c7ccc(-c8ccc(N(c9ccccc9)c9cccc%10ccccc9%10)cc8)cc7)cc6)cc5)cc4)cc3)C2C=C1. The number of nitrogens with zero attached hydrogens (tertiary/aromatic N) is 4. The Morgan fingerprint density at radius 3 is 0.929 bits per heavy atom. The van der Waals surface area contributed by atoms with Crippen LogP contribution in [-0.2, 0) is 0 Å². The first-order chi connectivity index (χ1) is 41.7. The molecule has 0 radical (unpaired) electrons. The van der Waals surface area contributed by atoms with Crippen LogP contribution in [0.2, 0.25) is 0 Å². The number of benzene rings is 12. The minimum absolute atomic E-state index is 0.273. The summed E-state index contributed by atoms with van der Waals surface area (Å²) in [7, 11) is 0. The highest BCUT2D eigenvalue weighted by Gasteiger charge is 2.28. The molecule has 0 spiro atoms. The molecule has 0 aromatic heterocycles. The average molecular weight is 1080 g/mol. The van der Waals surface area contributed by atoms with E-state index in [0.29, 0.717) is 5.92 Å². The predicted molar refractivity (Wildman–Crippen MR) is 355 cm³/mol. The Morgan fingerprint density at radius 2 is 0.512 bits per heavy atom. The molecular formula is C80H60N4. The summed E-state index contributed by atoms with van der Waals surface area (Å²) < 4.78 is 0. The first-order valence-corrected chi connectivity index (χ1v) is 28.9. The highest BCUT2D eigenvalue weighted by molar-refractivity contribution is 5.99. The zero-order chi connectivity index (χ0) is 56.0. The zero-order valence-corrected chi connectivity index (χ0v) is 46.4. The molecule has 14 rings (SSSR count). The largest absolute Gasteiger partial charge is 0.314 e. The van der Waals surface area contributed by atoms with Crippen molar-refractivity contribution in [3.8, 4) is 33.4 Å². The molecule has 0 aliphatic heterocycles. The second kappa shape index (κ2) is 23.3. The van der Waals surface area contributed by atoms with Gasteiger partial charge in [-0.15, -0.1) is 0 Å². The van der Waals surface area contributed by atoms with E-state index in [1.807, 2.05) is 0 Å². The Kier molecular flexibility index (Phi) is 14.2. The summed E-state index contributed by atoms with van der Waals surface area (Å²) in [6.45, 7) is 0. The summed E-state index contributed by atoms with van der Waals surface area (Å²) in [6.07, 6.45) is 15.7. The number of fused-ring (bicyclic) bond motifs is 2. The maximum Gasteiger partial charge on any atom is 0.0540 e. The molecule has 4 heteroatoms. The number of hydrogen-bond acceptors (Lipinski definition) is 4. The molecule has 0 heterocycles. The molecule has 4 nitrogen and oxygen atoms in total. The molecule has 0 amide bonds. The Morgan fingerprint density at radius 1 is 0.214 bits per heavy atom. The van der Waals surface area contributed by atoms with Crippen molar-refractivity contribution in [2.24, 2.45) is 11.8 Å². The Labute approximate surface area is 493 Å². The molecule has 2 aliphatic rings. The molecule has 0 N–H and O–H groups in total. The van der Waals surface area contributed by atoms with Crippen LogP contribution in [0, 0.1) is 11.8 Å². The van der Waals surface area contributed by atoms with Gasteiger partial charge in [0.25, 0.3) is 0 Å². The zero-order valence-electron chi connectivity index (χ0n) is 46.4. The van der Waals surface area contributed by atoms with Gasteiger partial charge in [0.15, 0.2) is 0 Å². The molecule has 400 valence electrons. The van der Waals surface area contributed by atoms with Crippen molar-refractivity contribution < 1.29 is 0 Å². The molecular weight excluding hydrogens is 1020 g/mol. The third kappa shape index (κ3) is 10.4. The van der Waals surface area contributed by atoms with Crippen molar-refractivity contribution in [1.82, 2.24) is 0 Å². The molecule has 12 aromatic carbocycles. The molecule has 2 unspecified atom stereocenters. The first-order valence-electron chi connectivity index (χ1n) is 28.9. The van der Waals surface area contributed by atoms with Gasteiger partial charge in [-0.3, -0.25) is 0 Å². The van der Waals surface area contributed by atoms with E-state index >= 15 is 0 Å². The van der Waals surface area contributed by atoms with E-state index in [0.717, 1.165) is 90.4 Å². The number of rotatable bonds is 15. The molecule has 2 atom stereocenters. The highest BCUT2D eigenvalue weighted by Crippen LogP contribution is 2.44. The van der Waals surface area contributed by atoms with Gasteiger partial charge < -0.3 is 19.6 Å². The maximum atomic E-state index is 2.41. The normalized spacial score (nSPS) is 14.1. The van der Waals surface area contributed by atoms with Gasteiger partial charge in [0.1, 0.15) is 0 Å². The van der Waals surface area contributed by atoms with Gasteiger partial charge in [-0.2, -0.15) is 0 Å². The van der Waals surface area contributed by atoms with E-state index in [4.69, 9.17) is 0 Å². The third-order valence-electron chi connectivity index (χ3n) is 16.2. The monoisotopic (exact) mass is 1080 g/mol. The van der Waals surface area contributed by atoms with Crippen molar-refractivity contribution in [3.05, 3.63) is 358 Å². The van der Waals surface area contributed by atoms with E-state index in [2.05, 4.69) is 372 Å². The van der Waals surface area contributed by atoms with Gasteiger partial charge in [0.05, 0.1) is 5.69 Å². The van der Waals surface area contributed by atoms with Crippen molar-refractivity contribution in [3.63, 3.8) is 0 Å². The van der Waals surface area contributed by atoms with Crippen molar-refractivity contribution in [2.45, 2.75) is 0 Å². The second-order valence-electron chi connectivity index (χ2n) is 21.3. The fraction of sp³-hybridized carbons (Fsp3) is 0.0250. The van der Waals surface area contributed by atoms with Crippen LogP contribution in [0.25, 0.3) is 44.2 Å². The van der Waals surface area contributed by atoms with Crippen molar-refractivity contribution >= 4 is 73.3 Å². The molecule has 2 aliphatic carbocycles. The average Bonchev–Trinajstić information content (AvgIpc) is 3.39. The fourth-order valence-corrected chi connectivity index (χ4v) is 12.0. The predicted octanol–water partition coefficient (Wildman–Crippen LogP) is 22.2. The Bertz CT molecular complexity index is 4300. The lowest BCUT2D eigenvalue weighted by atomic mass is 9.82. The third-order valence-corrected chi connectivity index (χ3v) is 16.2. The lowest BCUT2D eigenvalue weighted by Gasteiger charge is -2.36. The summed E-state index contributed by atoms with van der Waals surface area (Å²) in [6, 6.07) is 111.